The van der Waals surface area contributed by atoms with Crippen LogP contribution in [-0.2, 0) is 6.11 Å². The largest absolute Gasteiger partial charge is 0.573 e. The quantitative estimate of drug-likeness (QED) is 0.403. The molecule has 0 N–H and O–H groups in total. The molecule has 2 aromatic carbocycles. The maximum absolute atomic E-state index is 14.5. The summed E-state index contributed by atoms with van der Waals surface area (Å²) >= 11 is 0. The topological polar surface area (TPSA) is 18.5 Å². The predicted octanol–water partition coefficient (Wildman–Crippen LogP) is 7.81. The third kappa shape index (κ3) is 5.63. The lowest BCUT2D eigenvalue weighted by molar-refractivity contribution is -0.276. The zero-order valence-corrected chi connectivity index (χ0v) is 16.9. The molecule has 32 heavy (non-hydrogen) atoms. The van der Waals surface area contributed by atoms with Crippen molar-refractivity contribution in [1.82, 2.24) is 0 Å². The van der Waals surface area contributed by atoms with E-state index in [0.717, 1.165) is 44.2 Å². The van der Waals surface area contributed by atoms with Gasteiger partial charge in [-0.3, -0.25) is 0 Å². The highest BCUT2D eigenvalue weighted by atomic mass is 19.4. The van der Waals surface area contributed by atoms with E-state index in [1.165, 1.54) is 6.07 Å². The molecule has 2 nitrogen and oxygen atoms in total. The molecule has 176 valence electrons. The number of rotatable bonds is 6. The Morgan fingerprint density at radius 2 is 1.41 bits per heavy atom. The van der Waals surface area contributed by atoms with E-state index >= 15 is 0 Å². The Morgan fingerprint density at radius 3 is 1.91 bits per heavy atom. The Labute approximate surface area is 179 Å². The summed E-state index contributed by atoms with van der Waals surface area (Å²) in [5.74, 6) is -7.40. The lowest BCUT2D eigenvalue weighted by Crippen LogP contribution is -2.24. The summed E-state index contributed by atoms with van der Waals surface area (Å²) in [5.41, 5.74) is -0.595. The van der Waals surface area contributed by atoms with Crippen LogP contribution in [0.5, 0.6) is 11.5 Å². The van der Waals surface area contributed by atoms with Crippen molar-refractivity contribution in [3.8, 4) is 11.5 Å². The Hall–Kier alpha value is -2.52. The maximum Gasteiger partial charge on any atom is 0.573 e. The van der Waals surface area contributed by atoms with Gasteiger partial charge in [0, 0.05) is 12.1 Å². The number of ether oxygens (including phenoxy) is 2. The number of hydrogen-bond acceptors (Lipinski definition) is 2. The zero-order valence-electron chi connectivity index (χ0n) is 16.9. The molecule has 0 spiro atoms. The molecule has 0 unspecified atom stereocenters. The van der Waals surface area contributed by atoms with Crippen LogP contribution in [0, 0.1) is 23.4 Å². The fourth-order valence-electron chi connectivity index (χ4n) is 3.94. The molecule has 0 atom stereocenters. The first-order chi connectivity index (χ1) is 14.9. The molecule has 0 aromatic heterocycles. The van der Waals surface area contributed by atoms with Crippen LogP contribution < -0.4 is 9.47 Å². The first-order valence-electron chi connectivity index (χ1n) is 10.0. The van der Waals surface area contributed by atoms with Gasteiger partial charge in [0.25, 0.3) is 0 Å². The first-order valence-corrected chi connectivity index (χ1v) is 10.0. The van der Waals surface area contributed by atoms with Crippen molar-refractivity contribution < 1.29 is 44.6 Å². The average molecular weight is 468 g/mol. The summed E-state index contributed by atoms with van der Waals surface area (Å²) in [6.45, 7) is 2.09. The molecule has 0 bridgehead atoms. The van der Waals surface area contributed by atoms with E-state index < -0.39 is 47.0 Å². The highest BCUT2D eigenvalue weighted by molar-refractivity contribution is 5.36. The molecule has 1 fully saturated rings. The van der Waals surface area contributed by atoms with Gasteiger partial charge in [0.1, 0.15) is 11.6 Å². The van der Waals surface area contributed by atoms with E-state index in [-0.39, 0.29) is 18.1 Å². The summed E-state index contributed by atoms with van der Waals surface area (Å²) in [7, 11) is 0. The van der Waals surface area contributed by atoms with E-state index in [1.807, 2.05) is 0 Å². The van der Waals surface area contributed by atoms with Crippen LogP contribution in [0.1, 0.15) is 56.1 Å². The Kier molecular flexibility index (Phi) is 6.90. The van der Waals surface area contributed by atoms with E-state index in [1.54, 1.807) is 0 Å². The van der Waals surface area contributed by atoms with Gasteiger partial charge in [-0.05, 0) is 55.2 Å². The van der Waals surface area contributed by atoms with Gasteiger partial charge in [-0.15, -0.1) is 13.2 Å². The number of alkyl halides is 5. The van der Waals surface area contributed by atoms with Crippen LogP contribution in [0.3, 0.4) is 0 Å². The fraction of sp³-hybridized carbons (Fsp3) is 0.455. The van der Waals surface area contributed by atoms with Crippen molar-refractivity contribution in [3.05, 3.63) is 58.9 Å². The van der Waals surface area contributed by atoms with Crippen LogP contribution in [0.2, 0.25) is 0 Å². The smallest absolute Gasteiger partial charge is 0.429 e. The summed E-state index contributed by atoms with van der Waals surface area (Å²) in [5, 5.41) is 0. The lowest BCUT2D eigenvalue weighted by Gasteiger charge is -2.28. The Balaban J connectivity index is 1.78. The molecule has 1 aliphatic carbocycles. The van der Waals surface area contributed by atoms with Crippen LogP contribution in [0.15, 0.2) is 30.3 Å². The minimum absolute atomic E-state index is 0.0419. The summed E-state index contributed by atoms with van der Waals surface area (Å²) in [6, 6.07) is 3.37. The van der Waals surface area contributed by atoms with Crippen molar-refractivity contribution in [2.24, 2.45) is 5.92 Å². The molecule has 0 saturated heterocycles. The van der Waals surface area contributed by atoms with Gasteiger partial charge < -0.3 is 9.47 Å². The molecule has 1 aliphatic rings. The summed E-state index contributed by atoms with van der Waals surface area (Å²) < 4.78 is 115. The van der Waals surface area contributed by atoms with Crippen LogP contribution in [-0.4, -0.2) is 6.36 Å². The van der Waals surface area contributed by atoms with E-state index in [0.29, 0.717) is 11.5 Å². The number of halogens is 8. The Morgan fingerprint density at radius 1 is 0.812 bits per heavy atom. The summed E-state index contributed by atoms with van der Waals surface area (Å²) in [4.78, 5) is 0. The normalized spacial score (nSPS) is 19.7. The van der Waals surface area contributed by atoms with Crippen molar-refractivity contribution in [2.75, 3.05) is 0 Å². The molecule has 0 heterocycles. The Bertz CT molecular complexity index is 926. The third-order valence-electron chi connectivity index (χ3n) is 5.64. The van der Waals surface area contributed by atoms with Gasteiger partial charge in [-0.1, -0.05) is 19.4 Å². The maximum atomic E-state index is 14.5. The second-order valence-electron chi connectivity index (χ2n) is 7.75. The first kappa shape index (κ1) is 24.1. The molecular formula is C22H20F8O2. The molecular weight excluding hydrogens is 448 g/mol. The van der Waals surface area contributed by atoms with Crippen LogP contribution >= 0.6 is 0 Å². The molecule has 2 aromatic rings. The minimum atomic E-state index is -5.39. The molecule has 0 amide bonds. The fourth-order valence-corrected chi connectivity index (χ4v) is 3.94. The van der Waals surface area contributed by atoms with E-state index in [4.69, 9.17) is 0 Å². The molecule has 10 heteroatoms. The minimum Gasteiger partial charge on any atom is -0.429 e. The molecule has 0 aliphatic heterocycles. The van der Waals surface area contributed by atoms with Gasteiger partial charge in [0.15, 0.2) is 11.6 Å². The van der Waals surface area contributed by atoms with Crippen LogP contribution in [0.25, 0.3) is 0 Å². The SMILES string of the molecule is CCC1CCC(c2ccc(C(F)(F)Oc3cc(F)c(OC(F)(F)F)c(F)c3)c(F)c2)CC1. The van der Waals surface area contributed by atoms with E-state index in [2.05, 4.69) is 16.4 Å². The molecule has 0 radical (unpaired) electrons. The van der Waals surface area contributed by atoms with Crippen molar-refractivity contribution in [2.45, 2.75) is 57.4 Å². The van der Waals surface area contributed by atoms with Gasteiger partial charge in [-0.25, -0.2) is 13.2 Å². The second kappa shape index (κ2) is 9.15. The molecule has 3 rings (SSSR count). The van der Waals surface area contributed by atoms with E-state index in [9.17, 15) is 35.1 Å². The highest BCUT2D eigenvalue weighted by Gasteiger charge is 2.39. The van der Waals surface area contributed by atoms with Crippen molar-refractivity contribution in [1.29, 1.82) is 0 Å². The third-order valence-corrected chi connectivity index (χ3v) is 5.64. The standard InChI is InChI=1S/C22H20F8O2/c1-2-12-3-5-13(6-4-12)14-7-8-16(17(23)9-14)21(26,27)31-15-10-18(24)20(19(25)11-15)32-22(28,29)30/h7-13H,2-6H2,1H3. The predicted molar refractivity (Wildman–Crippen MR) is 99.0 cm³/mol. The zero-order chi connectivity index (χ0) is 23.7. The van der Waals surface area contributed by atoms with Gasteiger partial charge in [-0.2, -0.15) is 8.78 Å². The van der Waals surface area contributed by atoms with Gasteiger partial charge >= 0.3 is 12.5 Å². The highest BCUT2D eigenvalue weighted by Crippen LogP contribution is 2.40. The molecule has 1 saturated carbocycles. The number of benzene rings is 2. The lowest BCUT2D eigenvalue weighted by atomic mass is 9.78. The van der Waals surface area contributed by atoms with Gasteiger partial charge in [0.05, 0.1) is 5.56 Å². The summed E-state index contributed by atoms with van der Waals surface area (Å²) in [6.07, 6.45) is -5.12. The van der Waals surface area contributed by atoms with Crippen molar-refractivity contribution in [3.63, 3.8) is 0 Å². The average Bonchev–Trinajstić information content (AvgIpc) is 2.69. The van der Waals surface area contributed by atoms with Crippen molar-refractivity contribution >= 4 is 0 Å². The monoisotopic (exact) mass is 468 g/mol. The van der Waals surface area contributed by atoms with Gasteiger partial charge in [0.2, 0.25) is 5.75 Å². The number of hydrogen-bond donors (Lipinski definition) is 0. The van der Waals surface area contributed by atoms with Crippen LogP contribution in [0.4, 0.5) is 35.1 Å². The second-order valence-corrected chi connectivity index (χ2v) is 7.75.